The molecule has 6 nitrogen and oxygen atoms in total. The summed E-state index contributed by atoms with van der Waals surface area (Å²) in [5.74, 6) is -0.118. The molecule has 1 aromatic rings. The number of carbonyl (C=O) groups excluding carboxylic acids is 2. The van der Waals surface area contributed by atoms with Gasteiger partial charge in [0.05, 0.1) is 11.5 Å². The minimum atomic E-state index is -0.228. The van der Waals surface area contributed by atoms with E-state index in [0.717, 1.165) is 38.5 Å². The molecule has 2 aliphatic rings. The van der Waals surface area contributed by atoms with Gasteiger partial charge in [0.25, 0.3) is 5.91 Å². The maximum absolute atomic E-state index is 12.7. The third-order valence-electron chi connectivity index (χ3n) is 5.35. The van der Waals surface area contributed by atoms with Gasteiger partial charge >= 0.3 is 0 Å². The fraction of sp³-hybridized carbons (Fsp3) is 0.611. The van der Waals surface area contributed by atoms with Crippen LogP contribution >= 0.6 is 24.8 Å². The number of aromatic nitrogens is 1. The van der Waals surface area contributed by atoms with E-state index in [0.29, 0.717) is 25.2 Å². The topological polar surface area (TPSA) is 88.3 Å². The Labute approximate surface area is 167 Å². The number of hydrogen-bond acceptors (Lipinski definition) is 4. The molecule has 3 rings (SSSR count). The van der Waals surface area contributed by atoms with Crippen molar-refractivity contribution in [1.29, 1.82) is 0 Å². The first-order valence-corrected chi connectivity index (χ1v) is 8.85. The van der Waals surface area contributed by atoms with E-state index in [1.54, 1.807) is 29.4 Å². The van der Waals surface area contributed by atoms with Gasteiger partial charge in [0.2, 0.25) is 5.91 Å². The van der Waals surface area contributed by atoms with E-state index in [1.807, 2.05) is 0 Å². The zero-order valence-corrected chi connectivity index (χ0v) is 16.5. The Bertz CT molecular complexity index is 594. The second-order valence-corrected chi connectivity index (χ2v) is 7.01. The molecular formula is C18H28Cl2N4O2. The number of piperidine rings is 1. The summed E-state index contributed by atoms with van der Waals surface area (Å²) >= 11 is 0. The van der Waals surface area contributed by atoms with Gasteiger partial charge in [-0.15, -0.1) is 24.8 Å². The third kappa shape index (κ3) is 5.09. The van der Waals surface area contributed by atoms with Crippen molar-refractivity contribution in [3.05, 3.63) is 30.1 Å². The summed E-state index contributed by atoms with van der Waals surface area (Å²) in [7, 11) is 0. The maximum Gasteiger partial charge on any atom is 0.253 e. The number of pyridine rings is 1. The van der Waals surface area contributed by atoms with E-state index in [-0.39, 0.29) is 48.1 Å². The molecule has 1 aliphatic heterocycles. The van der Waals surface area contributed by atoms with E-state index in [9.17, 15) is 9.59 Å². The highest BCUT2D eigenvalue weighted by Gasteiger charge is 2.37. The molecule has 1 aliphatic carbocycles. The second-order valence-electron chi connectivity index (χ2n) is 7.01. The number of nitrogens with one attached hydrogen (secondary N) is 1. The number of carbonyl (C=O) groups is 2. The van der Waals surface area contributed by atoms with Crippen LogP contribution in [0.5, 0.6) is 0 Å². The first-order chi connectivity index (χ1) is 11.6. The first-order valence-electron chi connectivity index (χ1n) is 8.85. The zero-order chi connectivity index (χ0) is 17.0. The van der Waals surface area contributed by atoms with Crippen LogP contribution in [0.3, 0.4) is 0 Å². The lowest BCUT2D eigenvalue weighted by molar-refractivity contribution is -0.128. The third-order valence-corrected chi connectivity index (χ3v) is 5.35. The Morgan fingerprint density at radius 2 is 1.85 bits per heavy atom. The van der Waals surface area contributed by atoms with Crippen LogP contribution < -0.4 is 11.1 Å². The molecule has 0 radical (unpaired) electrons. The van der Waals surface area contributed by atoms with Gasteiger partial charge < -0.3 is 16.0 Å². The number of nitrogens with zero attached hydrogens (tertiary/aromatic N) is 2. The summed E-state index contributed by atoms with van der Waals surface area (Å²) < 4.78 is 0. The normalized spacial score (nSPS) is 21.3. The summed E-state index contributed by atoms with van der Waals surface area (Å²) in [4.78, 5) is 31.0. The van der Waals surface area contributed by atoms with Crippen LogP contribution in [0.4, 0.5) is 0 Å². The van der Waals surface area contributed by atoms with Crippen LogP contribution in [0.1, 0.15) is 48.9 Å². The molecule has 3 N–H and O–H groups in total. The predicted molar refractivity (Wildman–Crippen MR) is 106 cm³/mol. The van der Waals surface area contributed by atoms with Crippen molar-refractivity contribution >= 4 is 36.6 Å². The van der Waals surface area contributed by atoms with Crippen LogP contribution in [0.25, 0.3) is 0 Å². The lowest BCUT2D eigenvalue weighted by Crippen LogP contribution is -2.55. The fourth-order valence-corrected chi connectivity index (χ4v) is 3.85. The smallest absolute Gasteiger partial charge is 0.253 e. The number of likely N-dealkylation sites (tertiary alicyclic amines) is 1. The van der Waals surface area contributed by atoms with Crippen molar-refractivity contribution < 1.29 is 9.59 Å². The van der Waals surface area contributed by atoms with Crippen molar-refractivity contribution in [2.24, 2.45) is 11.7 Å². The lowest BCUT2D eigenvalue weighted by Gasteiger charge is -2.35. The van der Waals surface area contributed by atoms with Gasteiger partial charge in [-0.05, 0) is 37.8 Å². The van der Waals surface area contributed by atoms with Crippen LogP contribution in [0, 0.1) is 5.92 Å². The summed E-state index contributed by atoms with van der Waals surface area (Å²) in [6.45, 7) is 1.67. The van der Waals surface area contributed by atoms with Crippen molar-refractivity contribution in [3.63, 3.8) is 0 Å². The van der Waals surface area contributed by atoms with E-state index < -0.39 is 0 Å². The SMILES string of the molecule is Cl.Cl.NCC1(NC(=O)C2CCCN(C(=O)c3ccncc3)C2)CCCC1. The van der Waals surface area contributed by atoms with Gasteiger partial charge in [0.15, 0.2) is 0 Å². The molecule has 26 heavy (non-hydrogen) atoms. The highest BCUT2D eigenvalue weighted by atomic mass is 35.5. The molecule has 1 aromatic heterocycles. The van der Waals surface area contributed by atoms with Crippen molar-refractivity contribution in [2.45, 2.75) is 44.1 Å². The van der Waals surface area contributed by atoms with Gasteiger partial charge in [-0.1, -0.05) is 12.8 Å². The number of halogens is 2. The lowest BCUT2D eigenvalue weighted by atomic mass is 9.92. The summed E-state index contributed by atoms with van der Waals surface area (Å²) in [6.07, 6.45) is 9.07. The predicted octanol–water partition coefficient (Wildman–Crippen LogP) is 2.17. The molecule has 2 heterocycles. The zero-order valence-electron chi connectivity index (χ0n) is 14.9. The van der Waals surface area contributed by atoms with Crippen molar-refractivity contribution in [2.75, 3.05) is 19.6 Å². The second kappa shape index (κ2) is 10.1. The fourth-order valence-electron chi connectivity index (χ4n) is 3.85. The molecule has 2 fully saturated rings. The Morgan fingerprint density at radius 1 is 1.19 bits per heavy atom. The Kier molecular flexibility index (Phi) is 8.80. The van der Waals surface area contributed by atoms with E-state index in [1.165, 1.54) is 0 Å². The first kappa shape index (κ1) is 22.7. The minimum Gasteiger partial charge on any atom is -0.349 e. The van der Waals surface area contributed by atoms with E-state index in [4.69, 9.17) is 5.73 Å². The maximum atomic E-state index is 12.7. The molecule has 8 heteroatoms. The molecular weight excluding hydrogens is 375 g/mol. The molecule has 0 spiro atoms. The molecule has 146 valence electrons. The van der Waals surface area contributed by atoms with Gasteiger partial charge in [-0.3, -0.25) is 14.6 Å². The Morgan fingerprint density at radius 3 is 2.46 bits per heavy atom. The van der Waals surface area contributed by atoms with E-state index >= 15 is 0 Å². The molecule has 1 saturated heterocycles. The summed E-state index contributed by atoms with van der Waals surface area (Å²) in [5, 5.41) is 3.20. The standard InChI is InChI=1S/C18H26N4O2.2ClH/c19-13-18(7-1-2-8-18)21-16(23)15-4-3-11-22(12-15)17(24)14-5-9-20-10-6-14;;/h5-6,9-10,15H,1-4,7-8,11-13,19H2,(H,21,23);2*1H. The number of hydrogen-bond donors (Lipinski definition) is 2. The van der Waals surface area contributed by atoms with Crippen molar-refractivity contribution in [3.8, 4) is 0 Å². The van der Waals surface area contributed by atoms with Gasteiger partial charge in [-0.25, -0.2) is 0 Å². The molecule has 1 atom stereocenters. The van der Waals surface area contributed by atoms with Gasteiger partial charge in [-0.2, -0.15) is 0 Å². The summed E-state index contributed by atoms with van der Waals surface area (Å²) in [6, 6.07) is 3.43. The molecule has 0 bridgehead atoms. The summed E-state index contributed by atoms with van der Waals surface area (Å²) in [5.41, 5.74) is 6.31. The van der Waals surface area contributed by atoms with Crippen molar-refractivity contribution in [1.82, 2.24) is 15.2 Å². The number of amides is 2. The highest BCUT2D eigenvalue weighted by molar-refractivity contribution is 5.94. The average molecular weight is 403 g/mol. The molecule has 2 amide bonds. The molecule has 1 unspecified atom stereocenters. The number of rotatable bonds is 4. The van der Waals surface area contributed by atoms with Gasteiger partial charge in [0, 0.05) is 37.6 Å². The monoisotopic (exact) mass is 402 g/mol. The highest BCUT2D eigenvalue weighted by Crippen LogP contribution is 2.29. The van der Waals surface area contributed by atoms with Crippen LogP contribution in [-0.4, -0.2) is 46.9 Å². The van der Waals surface area contributed by atoms with Gasteiger partial charge in [0.1, 0.15) is 0 Å². The molecule has 1 saturated carbocycles. The Balaban J connectivity index is 0.00000169. The van der Waals surface area contributed by atoms with Crippen LogP contribution in [0.15, 0.2) is 24.5 Å². The largest absolute Gasteiger partial charge is 0.349 e. The van der Waals surface area contributed by atoms with E-state index in [2.05, 4.69) is 10.3 Å². The van der Waals surface area contributed by atoms with Crippen LogP contribution in [0.2, 0.25) is 0 Å². The number of nitrogens with two attached hydrogens (primary N) is 1. The van der Waals surface area contributed by atoms with Crippen LogP contribution in [-0.2, 0) is 4.79 Å². The Hall–Kier alpha value is -1.37. The molecule has 0 aromatic carbocycles. The quantitative estimate of drug-likeness (QED) is 0.807. The minimum absolute atomic E-state index is 0. The average Bonchev–Trinajstić information content (AvgIpc) is 3.11.